The summed E-state index contributed by atoms with van der Waals surface area (Å²) in [4.78, 5) is 19.2. The molecule has 0 aliphatic carbocycles. The maximum atomic E-state index is 15.0. The SMILES string of the molecule is CC(=O)NC[C@H]1CN(c2ccc(-c3ccc(C4=NN(CCN(C)C)N(C)N4)nc3)c(F)c2)C(O)O1. The highest BCUT2D eigenvalue weighted by Crippen LogP contribution is 2.29. The molecule has 35 heavy (non-hydrogen) atoms. The van der Waals surface area contributed by atoms with Crippen molar-refractivity contribution in [2.24, 2.45) is 5.10 Å². The van der Waals surface area contributed by atoms with E-state index >= 15 is 4.39 Å². The molecule has 12 heteroatoms. The highest BCUT2D eigenvalue weighted by molar-refractivity contribution is 5.97. The van der Waals surface area contributed by atoms with Crippen LogP contribution < -0.4 is 15.6 Å². The predicted molar refractivity (Wildman–Crippen MR) is 129 cm³/mol. The van der Waals surface area contributed by atoms with Crippen LogP contribution in [-0.2, 0) is 9.53 Å². The summed E-state index contributed by atoms with van der Waals surface area (Å²) >= 11 is 0. The highest BCUT2D eigenvalue weighted by atomic mass is 19.1. The summed E-state index contributed by atoms with van der Waals surface area (Å²) < 4.78 is 20.5. The molecule has 1 amide bonds. The summed E-state index contributed by atoms with van der Waals surface area (Å²) in [6, 6.07) is 8.32. The van der Waals surface area contributed by atoms with Crippen LogP contribution in [0, 0.1) is 5.82 Å². The number of carbonyl (C=O) groups is 1. The molecule has 0 radical (unpaired) electrons. The number of anilines is 1. The van der Waals surface area contributed by atoms with Gasteiger partial charge in [-0.2, -0.15) is 0 Å². The lowest BCUT2D eigenvalue weighted by atomic mass is 10.1. The number of aliphatic hydroxyl groups excluding tert-OH is 1. The van der Waals surface area contributed by atoms with E-state index in [0.29, 0.717) is 34.9 Å². The third-order valence-corrected chi connectivity index (χ3v) is 5.74. The minimum Gasteiger partial charge on any atom is -0.354 e. The van der Waals surface area contributed by atoms with E-state index in [2.05, 4.69) is 25.7 Å². The number of ether oxygens (including phenoxy) is 1. The van der Waals surface area contributed by atoms with Crippen LogP contribution in [0.4, 0.5) is 10.1 Å². The quantitative estimate of drug-likeness (QED) is 0.488. The number of hydrazine groups is 2. The number of pyridine rings is 1. The first kappa shape index (κ1) is 24.8. The lowest BCUT2D eigenvalue weighted by Gasteiger charge is -2.23. The van der Waals surface area contributed by atoms with Crippen LogP contribution >= 0.6 is 0 Å². The number of aromatic nitrogens is 1. The largest absolute Gasteiger partial charge is 0.354 e. The van der Waals surface area contributed by atoms with Gasteiger partial charge >= 0.3 is 0 Å². The van der Waals surface area contributed by atoms with Crippen molar-refractivity contribution in [2.45, 2.75) is 19.4 Å². The molecule has 0 bridgehead atoms. The number of amides is 1. The zero-order chi connectivity index (χ0) is 25.1. The van der Waals surface area contributed by atoms with Crippen molar-refractivity contribution in [3.05, 3.63) is 48.0 Å². The molecule has 188 valence electrons. The van der Waals surface area contributed by atoms with Gasteiger partial charge in [0.2, 0.25) is 12.3 Å². The van der Waals surface area contributed by atoms with Gasteiger partial charge in [-0.15, -0.1) is 10.2 Å². The molecule has 1 aromatic heterocycles. The molecule has 1 saturated heterocycles. The van der Waals surface area contributed by atoms with Crippen LogP contribution in [0.15, 0.2) is 41.6 Å². The van der Waals surface area contributed by atoms with Crippen LogP contribution in [0.5, 0.6) is 0 Å². The van der Waals surface area contributed by atoms with Gasteiger partial charge in [0.1, 0.15) is 11.5 Å². The first-order valence-electron chi connectivity index (χ1n) is 11.3. The molecule has 2 aliphatic heterocycles. The number of nitrogens with one attached hydrogen (secondary N) is 2. The van der Waals surface area contributed by atoms with E-state index in [1.165, 1.54) is 13.0 Å². The fraction of sp³-hybridized carbons (Fsp3) is 0.435. The van der Waals surface area contributed by atoms with Gasteiger partial charge in [-0.25, -0.2) is 9.51 Å². The third kappa shape index (κ3) is 5.85. The van der Waals surface area contributed by atoms with Crippen LogP contribution in [0.1, 0.15) is 12.6 Å². The first-order chi connectivity index (χ1) is 16.7. The average molecular weight is 487 g/mol. The van der Waals surface area contributed by atoms with E-state index in [0.717, 1.165) is 13.1 Å². The summed E-state index contributed by atoms with van der Waals surface area (Å²) in [5.41, 5.74) is 5.31. The summed E-state index contributed by atoms with van der Waals surface area (Å²) in [6.07, 6.45) is 0.00518. The van der Waals surface area contributed by atoms with Crippen molar-refractivity contribution in [3.63, 3.8) is 0 Å². The van der Waals surface area contributed by atoms with Crippen molar-refractivity contribution in [3.8, 4) is 11.1 Å². The molecule has 3 N–H and O–H groups in total. The van der Waals surface area contributed by atoms with E-state index in [4.69, 9.17) is 4.74 Å². The molecule has 1 aromatic carbocycles. The Morgan fingerprint density at radius 2 is 2.14 bits per heavy atom. The van der Waals surface area contributed by atoms with Crippen molar-refractivity contribution < 1.29 is 19.0 Å². The van der Waals surface area contributed by atoms with E-state index in [1.54, 1.807) is 40.5 Å². The summed E-state index contributed by atoms with van der Waals surface area (Å²) in [5.74, 6) is -0.00743. The number of amidine groups is 1. The zero-order valence-corrected chi connectivity index (χ0v) is 20.3. The van der Waals surface area contributed by atoms with Crippen molar-refractivity contribution in [1.82, 2.24) is 30.9 Å². The van der Waals surface area contributed by atoms with Gasteiger partial charge in [0.25, 0.3) is 0 Å². The number of hydrazone groups is 1. The van der Waals surface area contributed by atoms with Gasteiger partial charge < -0.3 is 25.0 Å². The molecule has 0 saturated carbocycles. The topological polar surface area (TPSA) is 109 Å². The Bertz CT molecular complexity index is 1080. The fourth-order valence-corrected chi connectivity index (χ4v) is 3.83. The van der Waals surface area contributed by atoms with Crippen molar-refractivity contribution >= 4 is 17.4 Å². The van der Waals surface area contributed by atoms with E-state index in [-0.39, 0.29) is 12.5 Å². The first-order valence-corrected chi connectivity index (χ1v) is 11.3. The Labute approximate surface area is 203 Å². The fourth-order valence-electron chi connectivity index (χ4n) is 3.83. The minimum atomic E-state index is -1.21. The van der Waals surface area contributed by atoms with Crippen LogP contribution in [-0.4, -0.2) is 96.8 Å². The molecular weight excluding hydrogens is 455 g/mol. The van der Waals surface area contributed by atoms with E-state index < -0.39 is 18.3 Å². The number of likely N-dealkylation sites (N-methyl/N-ethyl adjacent to an activating group) is 1. The number of hydrogen-bond donors (Lipinski definition) is 3. The maximum absolute atomic E-state index is 15.0. The van der Waals surface area contributed by atoms with Crippen LogP contribution in [0.25, 0.3) is 11.1 Å². The van der Waals surface area contributed by atoms with Gasteiger partial charge in [-0.1, -0.05) is 6.07 Å². The Balaban J connectivity index is 1.44. The van der Waals surface area contributed by atoms with Gasteiger partial charge in [0, 0.05) is 50.1 Å². The number of halogens is 1. The molecule has 0 spiro atoms. The monoisotopic (exact) mass is 486 g/mol. The molecule has 3 heterocycles. The number of carbonyl (C=O) groups excluding carboxylic acids is 1. The van der Waals surface area contributed by atoms with Gasteiger partial charge in [0.15, 0.2) is 5.84 Å². The minimum absolute atomic E-state index is 0.180. The molecular formula is C23H31FN8O3. The standard InChI is InChI=1S/C23H31FN8O3/c1-15(33)25-13-18-14-31(23(34)35-18)17-6-7-19(20(24)11-17)16-5-8-21(26-12-16)22-27-30(4)32(28-22)10-9-29(2)3/h5-8,11-12,18,23,34H,9-10,13-14H2,1-4H3,(H,25,33)(H,27,28)/t18-,23?/m0/s1. The van der Waals surface area contributed by atoms with Gasteiger partial charge in [-0.3, -0.25) is 15.2 Å². The Morgan fingerprint density at radius 1 is 1.34 bits per heavy atom. The molecule has 2 aromatic rings. The lowest BCUT2D eigenvalue weighted by molar-refractivity contribution is -0.121. The highest BCUT2D eigenvalue weighted by Gasteiger charge is 2.32. The Morgan fingerprint density at radius 3 is 2.80 bits per heavy atom. The molecule has 2 aliphatic rings. The number of hydrogen-bond acceptors (Lipinski definition) is 10. The van der Waals surface area contributed by atoms with Crippen LogP contribution in [0.3, 0.4) is 0 Å². The maximum Gasteiger partial charge on any atom is 0.238 e. The number of rotatable bonds is 8. The third-order valence-electron chi connectivity index (χ3n) is 5.74. The molecule has 1 fully saturated rings. The predicted octanol–water partition coefficient (Wildman–Crippen LogP) is 0.395. The normalized spacial score (nSPS) is 20.4. The van der Waals surface area contributed by atoms with Gasteiger partial charge in [-0.05, 0) is 38.4 Å². The van der Waals surface area contributed by atoms with E-state index in [1.807, 2.05) is 26.3 Å². The Kier molecular flexibility index (Phi) is 7.45. The second-order valence-electron chi connectivity index (χ2n) is 8.75. The summed E-state index contributed by atoms with van der Waals surface area (Å²) in [7, 11) is 5.89. The number of nitrogens with zero attached hydrogens (tertiary/aromatic N) is 6. The zero-order valence-electron chi connectivity index (χ0n) is 20.3. The second-order valence-corrected chi connectivity index (χ2v) is 8.75. The molecule has 1 unspecified atom stereocenters. The average Bonchev–Trinajstić information content (AvgIpc) is 3.38. The number of benzene rings is 1. The van der Waals surface area contributed by atoms with E-state index in [9.17, 15) is 9.90 Å². The van der Waals surface area contributed by atoms with Crippen molar-refractivity contribution in [2.75, 3.05) is 52.2 Å². The van der Waals surface area contributed by atoms with Crippen LogP contribution in [0.2, 0.25) is 0 Å². The molecule has 11 nitrogen and oxygen atoms in total. The van der Waals surface area contributed by atoms with Gasteiger partial charge in [0.05, 0.1) is 19.2 Å². The Hall–Kier alpha value is -3.32. The molecule has 4 rings (SSSR count). The summed E-state index contributed by atoms with van der Waals surface area (Å²) in [6.45, 7) is 3.58. The number of aliphatic hydroxyl groups is 1. The van der Waals surface area contributed by atoms with Crippen molar-refractivity contribution in [1.29, 1.82) is 0 Å². The lowest BCUT2D eigenvalue weighted by Crippen LogP contribution is -2.43. The second kappa shape index (κ2) is 10.5. The smallest absolute Gasteiger partial charge is 0.238 e. The summed E-state index contributed by atoms with van der Waals surface area (Å²) in [5, 5.41) is 21.1. The molecule has 2 atom stereocenters.